The molecule has 2 aromatic heterocycles. The van der Waals surface area contributed by atoms with Crippen molar-refractivity contribution in [3.63, 3.8) is 0 Å². The van der Waals surface area contributed by atoms with Crippen LogP contribution in [-0.2, 0) is 51.0 Å². The Bertz CT molecular complexity index is 2410. The quantitative estimate of drug-likeness (QED) is 0.0836. The standard InChI is InChI=1S/C48H62F2N6O8/c1-9-25(4)46(60)54-40(11-3)48(62)56-24-35(64-28(7)58)20-33(56)22-39-37-15-13-31(50)18-42(37)53-45(39)44-38(36-14-12-30(49)17-41(36)52-44)21-32-19-34(63-27(6)57)23-55(32)47(61)29(10-2)16-43(59)26(5)51-8/h12-15,17-18,25-26,29,32-35,40,51-53H,9-11,16,19-24H2,1-8H3,(H,54,60)/t25-,26+,29-,32+,33+,34+,35+,40+/m1/s1/i21D2,22D2. The minimum absolute atomic E-state index is 0.0841. The minimum Gasteiger partial charge on any atom is -0.461 e. The Labute approximate surface area is 378 Å². The molecule has 2 fully saturated rings. The topological polar surface area (TPSA) is 183 Å². The van der Waals surface area contributed by atoms with Gasteiger partial charge >= 0.3 is 11.9 Å². The number of carbonyl (C=O) groups excluding carboxylic acids is 6. The van der Waals surface area contributed by atoms with Crippen LogP contribution in [-0.4, -0.2) is 112 Å². The number of rotatable bonds is 18. The number of hydrogen-bond donors (Lipinski definition) is 4. The number of carbonyl (C=O) groups is 6. The molecule has 0 aliphatic carbocycles. The normalized spacial score (nSPS) is 22.0. The monoisotopic (exact) mass is 892 g/mol. The first-order valence-corrected chi connectivity index (χ1v) is 22.1. The summed E-state index contributed by atoms with van der Waals surface area (Å²) in [6.45, 7) is 10.6. The molecule has 2 aromatic carbocycles. The highest BCUT2D eigenvalue weighted by atomic mass is 19.1. The third kappa shape index (κ3) is 10.5. The van der Waals surface area contributed by atoms with Gasteiger partial charge in [-0.3, -0.25) is 28.8 Å². The van der Waals surface area contributed by atoms with Gasteiger partial charge in [0.15, 0.2) is 0 Å². The molecule has 4 N–H and O–H groups in total. The number of nitrogens with zero attached hydrogens (tertiary/aromatic N) is 2. The van der Waals surface area contributed by atoms with Crippen LogP contribution in [0.3, 0.4) is 0 Å². The lowest BCUT2D eigenvalue weighted by Gasteiger charge is -2.29. The van der Waals surface area contributed by atoms with E-state index in [0.29, 0.717) is 6.42 Å². The fourth-order valence-corrected chi connectivity index (χ4v) is 8.60. The van der Waals surface area contributed by atoms with Crippen LogP contribution in [0.25, 0.3) is 33.2 Å². The molecule has 0 spiro atoms. The number of hydrogen-bond acceptors (Lipinski definition) is 9. The van der Waals surface area contributed by atoms with Gasteiger partial charge in [-0.25, -0.2) is 8.78 Å². The lowest BCUT2D eigenvalue weighted by Crippen LogP contribution is -2.51. The zero-order valence-corrected chi connectivity index (χ0v) is 37.7. The van der Waals surface area contributed by atoms with Crippen molar-refractivity contribution in [2.45, 2.75) is 136 Å². The number of benzene rings is 2. The maximum atomic E-state index is 15.1. The number of aromatic nitrogens is 2. The van der Waals surface area contributed by atoms with E-state index < -0.39 is 96.3 Å². The van der Waals surface area contributed by atoms with E-state index in [4.69, 9.17) is 9.47 Å². The Morgan fingerprint density at radius 1 is 0.766 bits per heavy atom. The lowest BCUT2D eigenvalue weighted by atomic mass is 9.93. The Balaban J connectivity index is 1.56. The summed E-state index contributed by atoms with van der Waals surface area (Å²) in [5.41, 5.74) is -0.257. The summed E-state index contributed by atoms with van der Waals surface area (Å²) < 4.78 is 81.8. The van der Waals surface area contributed by atoms with Crippen LogP contribution in [0.2, 0.25) is 0 Å². The maximum Gasteiger partial charge on any atom is 0.302 e. The van der Waals surface area contributed by atoms with Crippen molar-refractivity contribution in [1.82, 2.24) is 30.4 Å². The second-order valence-electron chi connectivity index (χ2n) is 16.9. The van der Waals surface area contributed by atoms with Crippen molar-refractivity contribution < 1.29 is 52.5 Å². The van der Waals surface area contributed by atoms with Gasteiger partial charge < -0.3 is 39.9 Å². The first kappa shape index (κ1) is 42.3. The molecule has 0 unspecified atom stereocenters. The van der Waals surface area contributed by atoms with Crippen molar-refractivity contribution in [1.29, 1.82) is 0 Å². The Kier molecular flexibility index (Phi) is 13.5. The van der Waals surface area contributed by atoms with Crippen LogP contribution in [0.15, 0.2) is 36.4 Å². The number of esters is 2. The first-order valence-electron chi connectivity index (χ1n) is 24.1. The molecule has 64 heavy (non-hydrogen) atoms. The summed E-state index contributed by atoms with van der Waals surface area (Å²) in [6.07, 6.45) is -6.80. The molecule has 6 rings (SSSR count). The second-order valence-corrected chi connectivity index (χ2v) is 16.9. The SMILES string of the molecule is [2H]C([2H])(c1c(-c2[nH]c3cc(F)ccc3c2C([2H])([2H])[C@@H]2C[C@H](OC(C)=O)CN2C(=O)[C@H](CC)NC(=O)[C@H](C)CC)[nH]c2cc(F)ccc12)[C@@H]1C[C@H](OC(C)=O)CN1C(=O)[C@H](CC)CC(=O)[C@H](C)NC. The summed E-state index contributed by atoms with van der Waals surface area (Å²) >= 11 is 0. The van der Waals surface area contributed by atoms with Crippen LogP contribution in [0.4, 0.5) is 8.78 Å². The van der Waals surface area contributed by atoms with E-state index in [1.165, 1.54) is 35.8 Å². The van der Waals surface area contributed by atoms with Crippen molar-refractivity contribution in [2.75, 3.05) is 20.1 Å². The predicted octanol–water partition coefficient (Wildman–Crippen LogP) is 6.28. The molecule has 3 amide bonds. The first-order chi connectivity index (χ1) is 32.0. The number of amides is 3. The molecular weight excluding hydrogens is 827 g/mol. The van der Waals surface area contributed by atoms with E-state index in [2.05, 4.69) is 20.6 Å². The molecule has 0 radical (unpaired) electrons. The predicted molar refractivity (Wildman–Crippen MR) is 238 cm³/mol. The number of likely N-dealkylation sites (tertiary alicyclic amines) is 2. The second kappa shape index (κ2) is 20.5. The van der Waals surface area contributed by atoms with Crippen molar-refractivity contribution in [3.8, 4) is 11.4 Å². The van der Waals surface area contributed by atoms with E-state index in [0.717, 1.165) is 24.3 Å². The molecule has 2 saturated heterocycles. The number of ether oxygens (including phenoxy) is 2. The third-order valence-electron chi connectivity index (χ3n) is 12.4. The molecule has 0 saturated carbocycles. The summed E-state index contributed by atoms with van der Waals surface area (Å²) in [7, 11) is 1.62. The number of halogens is 2. The zero-order chi connectivity index (χ0) is 50.2. The van der Waals surface area contributed by atoms with Crippen LogP contribution in [0.1, 0.15) is 104 Å². The number of likely N-dealkylation sites (N-methyl/N-ethyl adjacent to an activating group) is 1. The number of Topliss-reactive ketones (excluding diaryl/α,β-unsaturated/α-hetero) is 1. The molecule has 346 valence electrons. The van der Waals surface area contributed by atoms with Gasteiger partial charge in [-0.1, -0.05) is 27.7 Å². The van der Waals surface area contributed by atoms with Gasteiger partial charge in [0, 0.05) is 84.3 Å². The third-order valence-corrected chi connectivity index (χ3v) is 12.4. The molecule has 0 bridgehead atoms. The van der Waals surface area contributed by atoms with Gasteiger partial charge in [-0.05, 0) is 93.5 Å². The Morgan fingerprint density at radius 2 is 1.25 bits per heavy atom. The smallest absolute Gasteiger partial charge is 0.302 e. The van der Waals surface area contributed by atoms with Crippen molar-refractivity contribution in [3.05, 3.63) is 59.2 Å². The zero-order valence-electron chi connectivity index (χ0n) is 41.7. The van der Waals surface area contributed by atoms with Crippen LogP contribution < -0.4 is 10.6 Å². The van der Waals surface area contributed by atoms with E-state index in [-0.39, 0.29) is 101 Å². The van der Waals surface area contributed by atoms with Crippen LogP contribution in [0.5, 0.6) is 0 Å². The van der Waals surface area contributed by atoms with Crippen molar-refractivity contribution >= 4 is 57.2 Å². The molecular formula is C48H62F2N6O8. The Hall–Kier alpha value is -5.64. The van der Waals surface area contributed by atoms with Crippen molar-refractivity contribution in [2.24, 2.45) is 11.8 Å². The van der Waals surface area contributed by atoms with E-state index >= 15 is 8.78 Å². The maximum absolute atomic E-state index is 15.1. The van der Waals surface area contributed by atoms with Gasteiger partial charge in [0.1, 0.15) is 35.7 Å². The van der Waals surface area contributed by atoms with Gasteiger partial charge in [-0.2, -0.15) is 0 Å². The molecule has 4 aromatic rings. The van der Waals surface area contributed by atoms with Gasteiger partial charge in [0.2, 0.25) is 17.7 Å². The van der Waals surface area contributed by atoms with Gasteiger partial charge in [0.05, 0.1) is 30.5 Å². The number of ketones is 1. The highest BCUT2D eigenvalue weighted by Gasteiger charge is 2.43. The lowest BCUT2D eigenvalue weighted by molar-refractivity contribution is -0.147. The molecule has 2 aliphatic rings. The summed E-state index contributed by atoms with van der Waals surface area (Å²) in [5, 5.41) is 5.99. The molecule has 8 atom stereocenters. The summed E-state index contributed by atoms with van der Waals surface area (Å²) in [4.78, 5) is 88.8. The summed E-state index contributed by atoms with van der Waals surface area (Å²) in [6, 6.07) is 2.84. The number of fused-ring (bicyclic) bond motifs is 2. The van der Waals surface area contributed by atoms with Gasteiger partial charge in [0.25, 0.3) is 0 Å². The molecule has 2 aliphatic heterocycles. The molecule has 16 heteroatoms. The fraction of sp³-hybridized carbons (Fsp3) is 0.542. The number of nitrogens with one attached hydrogen (secondary N) is 4. The minimum atomic E-state index is -2.62. The summed E-state index contributed by atoms with van der Waals surface area (Å²) in [5.74, 6) is -5.76. The van der Waals surface area contributed by atoms with Gasteiger partial charge in [-0.15, -0.1) is 0 Å². The largest absolute Gasteiger partial charge is 0.461 e. The highest BCUT2D eigenvalue weighted by Crippen LogP contribution is 2.40. The van der Waals surface area contributed by atoms with Crippen LogP contribution in [0, 0.1) is 23.5 Å². The molecule has 14 nitrogen and oxygen atoms in total. The van der Waals surface area contributed by atoms with E-state index in [1.807, 2.05) is 6.92 Å². The highest BCUT2D eigenvalue weighted by molar-refractivity contribution is 5.97. The number of aromatic amines is 2. The van der Waals surface area contributed by atoms with E-state index in [1.54, 1.807) is 34.7 Å². The number of H-pyrrole nitrogens is 2. The van der Waals surface area contributed by atoms with Crippen LogP contribution >= 0.6 is 0 Å². The molecule has 4 heterocycles. The average molecular weight is 893 g/mol. The Morgan fingerprint density at radius 3 is 1.67 bits per heavy atom. The van der Waals surface area contributed by atoms with E-state index in [9.17, 15) is 34.3 Å². The fourth-order valence-electron chi connectivity index (χ4n) is 8.60. The average Bonchev–Trinajstić information content (AvgIpc) is 4.08.